The van der Waals surface area contributed by atoms with Gasteiger partial charge in [0.15, 0.2) is 6.10 Å². The first-order valence-electron chi connectivity index (χ1n) is 32.4. The van der Waals surface area contributed by atoms with E-state index in [0.717, 1.165) is 96.3 Å². The van der Waals surface area contributed by atoms with Gasteiger partial charge in [-0.2, -0.15) is 0 Å². The Hall–Kier alpha value is -3.15. The van der Waals surface area contributed by atoms with Crippen LogP contribution in [-0.4, -0.2) is 37.2 Å². The Balaban J connectivity index is 4.22. The molecule has 0 aromatic rings. The Morgan fingerprint density at radius 2 is 0.480 bits per heavy atom. The SMILES string of the molecule is CCCCCCC/C=C\C/C=C\C/C=C\CCCCCCCCCCCCCCC(=O)OCC(COC(=O)CCCCCCCCCCC)OC(=O)CCCCCCCC/C=C\C/C=C\C/C=C\CCCCCCC. The molecular weight excluding hydrogens is 925 g/mol. The van der Waals surface area contributed by atoms with Crippen molar-refractivity contribution in [2.45, 2.75) is 335 Å². The van der Waals surface area contributed by atoms with Crippen LogP contribution >= 0.6 is 0 Å². The second-order valence-corrected chi connectivity index (χ2v) is 21.7. The van der Waals surface area contributed by atoms with E-state index in [-0.39, 0.29) is 31.1 Å². The third-order valence-electron chi connectivity index (χ3n) is 14.2. The molecule has 0 bridgehead atoms. The lowest BCUT2D eigenvalue weighted by molar-refractivity contribution is -0.167. The molecule has 1 atom stereocenters. The van der Waals surface area contributed by atoms with E-state index in [4.69, 9.17) is 14.2 Å². The molecule has 0 aliphatic heterocycles. The molecule has 0 rings (SSSR count). The first kappa shape index (κ1) is 71.8. The number of carbonyl (C=O) groups excluding carboxylic acids is 3. The van der Waals surface area contributed by atoms with Crippen molar-refractivity contribution in [2.75, 3.05) is 13.2 Å². The molecule has 0 radical (unpaired) electrons. The minimum Gasteiger partial charge on any atom is -0.462 e. The molecule has 0 spiro atoms. The minimum atomic E-state index is -0.782. The van der Waals surface area contributed by atoms with Crippen LogP contribution in [0.15, 0.2) is 72.9 Å². The summed E-state index contributed by atoms with van der Waals surface area (Å²) in [6.07, 6.45) is 82.0. The van der Waals surface area contributed by atoms with Crippen LogP contribution in [0, 0.1) is 0 Å². The smallest absolute Gasteiger partial charge is 0.306 e. The van der Waals surface area contributed by atoms with Crippen molar-refractivity contribution in [2.24, 2.45) is 0 Å². The van der Waals surface area contributed by atoms with Gasteiger partial charge in [0.25, 0.3) is 0 Å². The molecule has 75 heavy (non-hydrogen) atoms. The molecule has 0 heterocycles. The Kier molecular flexibility index (Phi) is 60.7. The highest BCUT2D eigenvalue weighted by Crippen LogP contribution is 2.16. The van der Waals surface area contributed by atoms with Gasteiger partial charge in [-0.15, -0.1) is 0 Å². The fraction of sp³-hybridized carbons (Fsp3) is 0.783. The summed E-state index contributed by atoms with van der Waals surface area (Å²) in [5.41, 5.74) is 0. The highest BCUT2D eigenvalue weighted by atomic mass is 16.6. The van der Waals surface area contributed by atoms with E-state index in [1.165, 1.54) is 193 Å². The average Bonchev–Trinajstić information content (AvgIpc) is 3.41. The maximum absolute atomic E-state index is 12.9. The summed E-state index contributed by atoms with van der Waals surface area (Å²) in [5.74, 6) is -0.883. The summed E-state index contributed by atoms with van der Waals surface area (Å²) in [7, 11) is 0. The number of rotatable bonds is 59. The van der Waals surface area contributed by atoms with Gasteiger partial charge in [-0.1, -0.05) is 286 Å². The Bertz CT molecular complexity index is 1390. The van der Waals surface area contributed by atoms with E-state index in [1.54, 1.807) is 0 Å². The number of ether oxygens (including phenoxy) is 3. The van der Waals surface area contributed by atoms with Crippen LogP contribution in [0.25, 0.3) is 0 Å². The molecule has 1 unspecified atom stereocenters. The van der Waals surface area contributed by atoms with Gasteiger partial charge >= 0.3 is 17.9 Å². The van der Waals surface area contributed by atoms with Crippen LogP contribution in [0.1, 0.15) is 329 Å². The third-order valence-corrected chi connectivity index (χ3v) is 14.2. The van der Waals surface area contributed by atoms with Crippen LogP contribution in [-0.2, 0) is 28.6 Å². The lowest BCUT2D eigenvalue weighted by Crippen LogP contribution is -2.30. The van der Waals surface area contributed by atoms with Crippen LogP contribution < -0.4 is 0 Å². The molecule has 434 valence electrons. The summed E-state index contributed by atoms with van der Waals surface area (Å²) in [6.45, 7) is 6.62. The molecular formula is C69H122O6. The summed E-state index contributed by atoms with van der Waals surface area (Å²) in [5, 5.41) is 0. The summed E-state index contributed by atoms with van der Waals surface area (Å²) < 4.78 is 16.9. The minimum absolute atomic E-state index is 0.0788. The Morgan fingerprint density at radius 1 is 0.267 bits per heavy atom. The van der Waals surface area contributed by atoms with Crippen molar-refractivity contribution in [1.29, 1.82) is 0 Å². The van der Waals surface area contributed by atoms with Gasteiger partial charge in [0.05, 0.1) is 0 Å². The Morgan fingerprint density at radius 3 is 0.747 bits per heavy atom. The zero-order valence-corrected chi connectivity index (χ0v) is 49.8. The van der Waals surface area contributed by atoms with Gasteiger partial charge in [0.1, 0.15) is 13.2 Å². The molecule has 0 amide bonds. The lowest BCUT2D eigenvalue weighted by Gasteiger charge is -2.18. The molecule has 0 saturated heterocycles. The van der Waals surface area contributed by atoms with E-state index >= 15 is 0 Å². The predicted molar refractivity (Wildman–Crippen MR) is 325 cm³/mol. The number of hydrogen-bond donors (Lipinski definition) is 0. The summed E-state index contributed by atoms with van der Waals surface area (Å²) in [6, 6.07) is 0. The first-order chi connectivity index (χ1) is 37.0. The zero-order valence-electron chi connectivity index (χ0n) is 49.8. The zero-order chi connectivity index (χ0) is 54.3. The van der Waals surface area contributed by atoms with Crippen LogP contribution in [0.3, 0.4) is 0 Å². The van der Waals surface area contributed by atoms with Gasteiger partial charge in [-0.3, -0.25) is 14.4 Å². The van der Waals surface area contributed by atoms with E-state index in [0.29, 0.717) is 19.3 Å². The number of allylic oxidation sites excluding steroid dienone is 12. The standard InChI is InChI=1S/C69H122O6/c1-4-7-10-13-16-19-21-23-25-27-29-31-32-33-34-35-36-38-39-41-43-45-47-50-53-56-59-62-68(71)74-65-66(64-73-67(70)61-58-55-52-49-18-15-12-9-6-3)75-69(72)63-60-57-54-51-48-46-44-42-40-37-30-28-26-24-22-20-17-14-11-8-5-2/h21-24,27-30,32-33,40,42,66H,4-20,25-26,31,34-39,41,43-65H2,1-3H3/b23-21-,24-22-,29-27-,30-28-,33-32-,42-40-. The largest absolute Gasteiger partial charge is 0.462 e. The highest BCUT2D eigenvalue weighted by molar-refractivity contribution is 5.71. The maximum atomic E-state index is 12.9. The number of esters is 3. The van der Waals surface area contributed by atoms with Crippen molar-refractivity contribution >= 4 is 17.9 Å². The summed E-state index contributed by atoms with van der Waals surface area (Å²) >= 11 is 0. The van der Waals surface area contributed by atoms with Gasteiger partial charge in [0.2, 0.25) is 0 Å². The molecule has 0 aromatic heterocycles. The van der Waals surface area contributed by atoms with Crippen molar-refractivity contribution in [1.82, 2.24) is 0 Å². The van der Waals surface area contributed by atoms with Crippen molar-refractivity contribution in [3.05, 3.63) is 72.9 Å². The van der Waals surface area contributed by atoms with Crippen molar-refractivity contribution in [3.8, 4) is 0 Å². The van der Waals surface area contributed by atoms with Crippen molar-refractivity contribution < 1.29 is 28.6 Å². The van der Waals surface area contributed by atoms with Crippen molar-refractivity contribution in [3.63, 3.8) is 0 Å². The molecule has 0 aliphatic rings. The quantitative estimate of drug-likeness (QED) is 0.0261. The fourth-order valence-electron chi connectivity index (χ4n) is 9.28. The molecule has 0 N–H and O–H groups in total. The van der Waals surface area contributed by atoms with Crippen LogP contribution in [0.4, 0.5) is 0 Å². The third kappa shape index (κ3) is 61.6. The Labute approximate surface area is 465 Å². The normalized spacial score (nSPS) is 12.5. The molecule has 0 saturated carbocycles. The number of carbonyl (C=O) groups is 3. The molecule has 6 heteroatoms. The van der Waals surface area contributed by atoms with E-state index in [9.17, 15) is 14.4 Å². The monoisotopic (exact) mass is 1050 g/mol. The fourth-order valence-corrected chi connectivity index (χ4v) is 9.28. The first-order valence-corrected chi connectivity index (χ1v) is 32.4. The summed E-state index contributed by atoms with van der Waals surface area (Å²) in [4.78, 5) is 38.2. The average molecular weight is 1050 g/mol. The maximum Gasteiger partial charge on any atom is 0.306 e. The second kappa shape index (κ2) is 63.4. The molecule has 6 nitrogen and oxygen atoms in total. The topological polar surface area (TPSA) is 78.9 Å². The van der Waals surface area contributed by atoms with E-state index in [1.807, 2.05) is 0 Å². The predicted octanol–water partition coefficient (Wildman–Crippen LogP) is 22.1. The van der Waals surface area contributed by atoms with Gasteiger partial charge in [-0.05, 0) is 96.3 Å². The van der Waals surface area contributed by atoms with E-state index < -0.39 is 6.10 Å². The van der Waals surface area contributed by atoms with Gasteiger partial charge < -0.3 is 14.2 Å². The molecule has 0 fully saturated rings. The molecule has 0 aromatic carbocycles. The van der Waals surface area contributed by atoms with Gasteiger partial charge in [0, 0.05) is 19.3 Å². The van der Waals surface area contributed by atoms with Gasteiger partial charge in [-0.25, -0.2) is 0 Å². The van der Waals surface area contributed by atoms with Crippen LogP contribution in [0.2, 0.25) is 0 Å². The second-order valence-electron chi connectivity index (χ2n) is 21.7. The van der Waals surface area contributed by atoms with Crippen LogP contribution in [0.5, 0.6) is 0 Å². The van der Waals surface area contributed by atoms with E-state index in [2.05, 4.69) is 93.7 Å². The number of hydrogen-bond acceptors (Lipinski definition) is 6. The molecule has 0 aliphatic carbocycles. The highest BCUT2D eigenvalue weighted by Gasteiger charge is 2.19. The number of unbranched alkanes of at least 4 members (excludes halogenated alkanes) is 36. The lowest BCUT2D eigenvalue weighted by atomic mass is 10.0.